The van der Waals surface area contributed by atoms with Crippen LogP contribution >= 0.6 is 23.2 Å². The van der Waals surface area contributed by atoms with Gasteiger partial charge in [-0.25, -0.2) is 4.98 Å². The van der Waals surface area contributed by atoms with Gasteiger partial charge >= 0.3 is 0 Å². The number of aromatic nitrogens is 2. The molecule has 0 unspecified atom stereocenters. The van der Waals surface area contributed by atoms with Crippen molar-refractivity contribution in [2.45, 2.75) is 38.1 Å². The predicted octanol–water partition coefficient (Wildman–Crippen LogP) is 4.59. The number of fused-ring (bicyclic) bond motifs is 1. The van der Waals surface area contributed by atoms with Crippen LogP contribution in [0, 0.1) is 0 Å². The van der Waals surface area contributed by atoms with E-state index in [1.54, 1.807) is 0 Å². The average molecular weight is 283 g/mol. The van der Waals surface area contributed by atoms with Crippen molar-refractivity contribution in [2.24, 2.45) is 0 Å². The van der Waals surface area contributed by atoms with Crippen molar-refractivity contribution in [1.82, 2.24) is 9.55 Å². The maximum absolute atomic E-state index is 6.04. The standard InChI is InChI=1S/C14H16Cl2N2/c15-8-2-1-3-14-17-12-9-10(16)4-7-13(12)18(14)11-5-6-11/h4,7,9,11H,1-3,5-6,8H2. The molecule has 1 aromatic heterocycles. The fourth-order valence-corrected chi connectivity index (χ4v) is 2.77. The van der Waals surface area contributed by atoms with E-state index in [-0.39, 0.29) is 0 Å². The first-order valence-electron chi connectivity index (χ1n) is 6.52. The molecule has 0 spiro atoms. The lowest BCUT2D eigenvalue weighted by Gasteiger charge is -2.07. The maximum Gasteiger partial charge on any atom is 0.110 e. The van der Waals surface area contributed by atoms with Crippen LogP contribution in [0.2, 0.25) is 5.02 Å². The van der Waals surface area contributed by atoms with E-state index in [1.807, 2.05) is 12.1 Å². The molecular weight excluding hydrogens is 267 g/mol. The lowest BCUT2D eigenvalue weighted by atomic mass is 10.2. The fourth-order valence-electron chi connectivity index (χ4n) is 2.42. The molecule has 1 aliphatic rings. The second-order valence-corrected chi connectivity index (χ2v) is 5.72. The van der Waals surface area contributed by atoms with Crippen molar-refractivity contribution in [3.8, 4) is 0 Å². The SMILES string of the molecule is ClCCCCc1nc2cc(Cl)ccc2n1C1CC1. The van der Waals surface area contributed by atoms with Gasteiger partial charge in [0.15, 0.2) is 0 Å². The predicted molar refractivity (Wildman–Crippen MR) is 76.7 cm³/mol. The highest BCUT2D eigenvalue weighted by Crippen LogP contribution is 2.39. The van der Waals surface area contributed by atoms with Gasteiger partial charge in [-0.1, -0.05) is 11.6 Å². The van der Waals surface area contributed by atoms with Gasteiger partial charge in [0.2, 0.25) is 0 Å². The zero-order chi connectivity index (χ0) is 12.5. The molecule has 0 aliphatic heterocycles. The van der Waals surface area contributed by atoms with Crippen LogP contribution in [0.4, 0.5) is 0 Å². The van der Waals surface area contributed by atoms with Gasteiger partial charge in [0, 0.05) is 23.4 Å². The lowest BCUT2D eigenvalue weighted by Crippen LogP contribution is -2.01. The summed E-state index contributed by atoms with van der Waals surface area (Å²) in [5, 5.41) is 0.759. The third-order valence-electron chi connectivity index (χ3n) is 3.42. The number of aryl methyl sites for hydroxylation is 1. The van der Waals surface area contributed by atoms with Crippen LogP contribution in [0.1, 0.15) is 37.5 Å². The minimum absolute atomic E-state index is 0.655. The molecule has 1 saturated carbocycles. The molecule has 1 aliphatic carbocycles. The molecule has 0 bridgehead atoms. The summed E-state index contributed by atoms with van der Waals surface area (Å²) in [6, 6.07) is 6.66. The Labute approximate surface area is 117 Å². The zero-order valence-corrected chi connectivity index (χ0v) is 11.7. The Kier molecular flexibility index (Phi) is 3.49. The smallest absolute Gasteiger partial charge is 0.110 e. The number of hydrogen-bond acceptors (Lipinski definition) is 1. The molecule has 1 aromatic carbocycles. The highest BCUT2D eigenvalue weighted by atomic mass is 35.5. The first-order valence-corrected chi connectivity index (χ1v) is 7.43. The molecule has 4 heteroatoms. The maximum atomic E-state index is 6.04. The normalized spacial score (nSPS) is 15.4. The van der Waals surface area contributed by atoms with Crippen molar-refractivity contribution in [3.63, 3.8) is 0 Å². The van der Waals surface area contributed by atoms with Gasteiger partial charge in [-0.2, -0.15) is 0 Å². The van der Waals surface area contributed by atoms with Gasteiger partial charge < -0.3 is 4.57 Å². The summed E-state index contributed by atoms with van der Waals surface area (Å²) in [6.45, 7) is 0. The minimum Gasteiger partial charge on any atom is -0.325 e. The second-order valence-electron chi connectivity index (χ2n) is 4.91. The molecule has 0 N–H and O–H groups in total. The Morgan fingerprint density at radius 3 is 2.83 bits per heavy atom. The Morgan fingerprint density at radius 2 is 2.11 bits per heavy atom. The van der Waals surface area contributed by atoms with Crippen LogP contribution in [0.3, 0.4) is 0 Å². The summed E-state index contributed by atoms with van der Waals surface area (Å²) in [5.41, 5.74) is 2.25. The summed E-state index contributed by atoms with van der Waals surface area (Å²) in [4.78, 5) is 4.74. The Morgan fingerprint density at radius 1 is 1.28 bits per heavy atom. The molecule has 0 amide bonds. The summed E-state index contributed by atoms with van der Waals surface area (Å²) in [6.07, 6.45) is 5.71. The minimum atomic E-state index is 0.655. The molecule has 0 radical (unpaired) electrons. The number of unbranched alkanes of at least 4 members (excludes halogenated alkanes) is 1. The van der Waals surface area contributed by atoms with E-state index in [4.69, 9.17) is 28.2 Å². The number of alkyl halides is 1. The monoisotopic (exact) mass is 282 g/mol. The third-order valence-corrected chi connectivity index (χ3v) is 3.92. The summed E-state index contributed by atoms with van der Waals surface area (Å²) < 4.78 is 2.40. The van der Waals surface area contributed by atoms with E-state index >= 15 is 0 Å². The van der Waals surface area contributed by atoms with E-state index in [1.165, 1.54) is 24.2 Å². The zero-order valence-electron chi connectivity index (χ0n) is 10.2. The van der Waals surface area contributed by atoms with Gasteiger partial charge in [0.05, 0.1) is 11.0 Å². The number of halogens is 2. The van der Waals surface area contributed by atoms with Crippen LogP contribution in [-0.4, -0.2) is 15.4 Å². The van der Waals surface area contributed by atoms with Crippen LogP contribution in [0.25, 0.3) is 11.0 Å². The van der Waals surface area contributed by atoms with Crippen molar-refractivity contribution in [2.75, 3.05) is 5.88 Å². The molecule has 0 atom stereocenters. The highest BCUT2D eigenvalue weighted by Gasteiger charge is 2.27. The van der Waals surface area contributed by atoms with Crippen LogP contribution in [0.5, 0.6) is 0 Å². The summed E-state index contributed by atoms with van der Waals surface area (Å²) in [5.74, 6) is 1.93. The first-order chi connectivity index (χ1) is 8.79. The van der Waals surface area contributed by atoms with Crippen molar-refractivity contribution < 1.29 is 0 Å². The fraction of sp³-hybridized carbons (Fsp3) is 0.500. The molecule has 3 rings (SSSR count). The number of benzene rings is 1. The Bertz CT molecular complexity index is 558. The Hall–Kier alpha value is -0.730. The number of nitrogens with zero attached hydrogens (tertiary/aromatic N) is 2. The number of rotatable bonds is 5. The van der Waals surface area contributed by atoms with Gasteiger partial charge in [0.1, 0.15) is 5.82 Å². The second kappa shape index (κ2) is 5.10. The molecule has 2 nitrogen and oxygen atoms in total. The molecular formula is C14H16Cl2N2. The third kappa shape index (κ3) is 2.36. The van der Waals surface area contributed by atoms with Crippen LogP contribution in [-0.2, 0) is 6.42 Å². The summed E-state index contributed by atoms with van der Waals surface area (Å²) in [7, 11) is 0. The highest BCUT2D eigenvalue weighted by molar-refractivity contribution is 6.31. The molecule has 18 heavy (non-hydrogen) atoms. The first kappa shape index (κ1) is 12.3. The molecule has 1 fully saturated rings. The Balaban J connectivity index is 1.98. The molecule has 2 aromatic rings. The van der Waals surface area contributed by atoms with Crippen molar-refractivity contribution >= 4 is 34.2 Å². The van der Waals surface area contributed by atoms with E-state index in [0.717, 1.165) is 35.7 Å². The van der Waals surface area contributed by atoms with E-state index in [2.05, 4.69) is 10.6 Å². The molecule has 96 valence electrons. The molecule has 1 heterocycles. The lowest BCUT2D eigenvalue weighted by molar-refractivity contribution is 0.665. The van der Waals surface area contributed by atoms with Crippen molar-refractivity contribution in [1.29, 1.82) is 0 Å². The summed E-state index contributed by atoms with van der Waals surface area (Å²) >= 11 is 11.8. The van der Waals surface area contributed by atoms with Gasteiger partial charge in [-0.15, -0.1) is 11.6 Å². The van der Waals surface area contributed by atoms with E-state index in [9.17, 15) is 0 Å². The quantitative estimate of drug-likeness (QED) is 0.580. The molecule has 0 saturated heterocycles. The van der Waals surface area contributed by atoms with Gasteiger partial charge in [0.25, 0.3) is 0 Å². The number of imidazole rings is 1. The van der Waals surface area contributed by atoms with Crippen LogP contribution < -0.4 is 0 Å². The average Bonchev–Trinajstić information content (AvgIpc) is 3.12. The van der Waals surface area contributed by atoms with E-state index in [0.29, 0.717) is 6.04 Å². The van der Waals surface area contributed by atoms with E-state index < -0.39 is 0 Å². The van der Waals surface area contributed by atoms with Gasteiger partial charge in [-0.05, 0) is 43.9 Å². The largest absolute Gasteiger partial charge is 0.325 e. The topological polar surface area (TPSA) is 17.8 Å². The van der Waals surface area contributed by atoms with Crippen molar-refractivity contribution in [3.05, 3.63) is 29.0 Å². The van der Waals surface area contributed by atoms with Gasteiger partial charge in [-0.3, -0.25) is 0 Å². The van der Waals surface area contributed by atoms with Crippen LogP contribution in [0.15, 0.2) is 18.2 Å². The number of hydrogen-bond donors (Lipinski definition) is 0.